The van der Waals surface area contributed by atoms with Gasteiger partial charge in [-0.1, -0.05) is 81.9 Å². The summed E-state index contributed by atoms with van der Waals surface area (Å²) in [5.74, 6) is 0.712. The first kappa shape index (κ1) is 28.2. The molecule has 4 nitrogen and oxygen atoms in total. The topological polar surface area (TPSA) is 58.4 Å². The molecule has 2 saturated carbocycles. The van der Waals surface area contributed by atoms with E-state index in [1.54, 1.807) is 5.57 Å². The molecule has 198 valence electrons. The lowest BCUT2D eigenvalue weighted by Crippen LogP contribution is -2.41. The van der Waals surface area contributed by atoms with Gasteiger partial charge in [0.2, 0.25) is 5.91 Å². The monoisotopic (exact) mass is 491 g/mol. The van der Waals surface area contributed by atoms with Crippen LogP contribution in [-0.2, 0) is 11.3 Å². The summed E-state index contributed by atoms with van der Waals surface area (Å²) >= 11 is 0. The third kappa shape index (κ3) is 9.28. The van der Waals surface area contributed by atoms with Gasteiger partial charge in [0.05, 0.1) is 0 Å². The largest absolute Gasteiger partial charge is 0.359 e. The normalized spacial score (nSPS) is 17.3. The summed E-state index contributed by atoms with van der Waals surface area (Å²) in [7, 11) is 0. The Morgan fingerprint density at radius 3 is 2.47 bits per heavy atom. The SMILES string of the molecule is CCC(C)/C=C\C=C(/C)C(=O)N(Cc1ccc(NC(CCCCCN)=C2CC2)cc1)C1CCCCC1. The van der Waals surface area contributed by atoms with Crippen LogP contribution in [0.4, 0.5) is 5.69 Å². The number of carbonyl (C=O) groups is 1. The molecule has 1 unspecified atom stereocenters. The number of nitrogens with two attached hydrogens (primary N) is 1. The molecule has 2 fully saturated rings. The maximum atomic E-state index is 13.5. The average Bonchev–Trinajstić information content (AvgIpc) is 3.75. The van der Waals surface area contributed by atoms with E-state index in [9.17, 15) is 4.79 Å². The number of allylic oxidation sites excluding steroid dienone is 5. The highest BCUT2D eigenvalue weighted by Gasteiger charge is 2.26. The molecule has 0 spiro atoms. The third-order valence-corrected chi connectivity index (χ3v) is 7.70. The van der Waals surface area contributed by atoms with Gasteiger partial charge in [-0.05, 0) is 82.0 Å². The molecule has 1 amide bonds. The van der Waals surface area contributed by atoms with E-state index in [-0.39, 0.29) is 5.91 Å². The zero-order chi connectivity index (χ0) is 25.8. The summed E-state index contributed by atoms with van der Waals surface area (Å²) in [5, 5.41) is 3.69. The van der Waals surface area contributed by atoms with E-state index in [1.165, 1.54) is 56.2 Å². The molecular formula is C32H49N3O. The number of amides is 1. The van der Waals surface area contributed by atoms with Crippen LogP contribution in [0.5, 0.6) is 0 Å². The van der Waals surface area contributed by atoms with Crippen molar-refractivity contribution in [2.75, 3.05) is 11.9 Å². The summed E-state index contributed by atoms with van der Waals surface area (Å²) in [6, 6.07) is 9.08. The van der Waals surface area contributed by atoms with Gasteiger partial charge in [-0.15, -0.1) is 0 Å². The zero-order valence-corrected chi connectivity index (χ0v) is 23.0. The van der Waals surface area contributed by atoms with Crippen LogP contribution in [0.15, 0.2) is 59.3 Å². The van der Waals surface area contributed by atoms with Crippen molar-refractivity contribution in [2.24, 2.45) is 11.7 Å². The summed E-state index contributed by atoms with van der Waals surface area (Å²) in [6.07, 6.45) is 20.4. The van der Waals surface area contributed by atoms with Crippen molar-refractivity contribution in [1.29, 1.82) is 0 Å². The van der Waals surface area contributed by atoms with Gasteiger partial charge in [-0.3, -0.25) is 4.79 Å². The van der Waals surface area contributed by atoms with Gasteiger partial charge in [0, 0.05) is 29.5 Å². The second kappa shape index (κ2) is 15.0. The van der Waals surface area contributed by atoms with Gasteiger partial charge in [0.1, 0.15) is 0 Å². The molecule has 1 atom stereocenters. The van der Waals surface area contributed by atoms with Gasteiger partial charge in [0.15, 0.2) is 0 Å². The van der Waals surface area contributed by atoms with Crippen molar-refractivity contribution >= 4 is 11.6 Å². The van der Waals surface area contributed by atoms with Crippen LogP contribution in [0.2, 0.25) is 0 Å². The van der Waals surface area contributed by atoms with Crippen molar-refractivity contribution < 1.29 is 4.79 Å². The number of anilines is 1. The number of nitrogens with one attached hydrogen (secondary N) is 1. The molecule has 0 bridgehead atoms. The minimum Gasteiger partial charge on any atom is -0.359 e. The predicted octanol–water partition coefficient (Wildman–Crippen LogP) is 7.88. The number of rotatable bonds is 14. The van der Waals surface area contributed by atoms with Crippen LogP contribution >= 0.6 is 0 Å². The van der Waals surface area contributed by atoms with Crippen molar-refractivity contribution in [3.05, 3.63) is 64.9 Å². The van der Waals surface area contributed by atoms with Crippen LogP contribution in [0, 0.1) is 5.92 Å². The Morgan fingerprint density at radius 1 is 1.11 bits per heavy atom. The number of unbranched alkanes of at least 4 members (excludes halogenated alkanes) is 2. The van der Waals surface area contributed by atoms with Crippen molar-refractivity contribution in [1.82, 2.24) is 4.90 Å². The molecule has 36 heavy (non-hydrogen) atoms. The van der Waals surface area contributed by atoms with Crippen LogP contribution in [0.1, 0.15) is 103 Å². The number of hydrogen-bond acceptors (Lipinski definition) is 3. The summed E-state index contributed by atoms with van der Waals surface area (Å²) in [5.41, 5.74) is 11.8. The fourth-order valence-electron chi connectivity index (χ4n) is 4.96. The molecular weight excluding hydrogens is 442 g/mol. The lowest BCUT2D eigenvalue weighted by atomic mass is 9.93. The first-order chi connectivity index (χ1) is 17.5. The third-order valence-electron chi connectivity index (χ3n) is 7.70. The standard InChI is InChI=1S/C32H49N3O/c1-4-25(2)12-11-13-26(3)32(36)35(30-14-7-5-8-15-30)24-27-17-21-29(22-18-27)34-31(28-19-20-28)16-9-6-10-23-33/h11-13,17-18,21-22,25,30,34H,4-10,14-16,19-20,23-24,33H2,1-3H3/b12-11-,26-13+. The summed E-state index contributed by atoms with van der Waals surface area (Å²) in [4.78, 5) is 15.7. The second-order valence-corrected chi connectivity index (χ2v) is 10.8. The number of hydrogen-bond donors (Lipinski definition) is 2. The highest BCUT2D eigenvalue weighted by Crippen LogP contribution is 2.34. The predicted molar refractivity (Wildman–Crippen MR) is 154 cm³/mol. The molecule has 0 saturated heterocycles. The summed E-state index contributed by atoms with van der Waals surface area (Å²) in [6.45, 7) is 7.82. The van der Waals surface area contributed by atoms with Gasteiger partial charge < -0.3 is 16.0 Å². The molecule has 3 N–H and O–H groups in total. The molecule has 4 heteroatoms. The zero-order valence-electron chi connectivity index (χ0n) is 23.0. The van der Waals surface area contributed by atoms with E-state index >= 15 is 0 Å². The molecule has 0 aliphatic heterocycles. The minimum absolute atomic E-state index is 0.177. The minimum atomic E-state index is 0.177. The highest BCUT2D eigenvalue weighted by molar-refractivity contribution is 5.93. The van der Waals surface area contributed by atoms with Crippen molar-refractivity contribution in [2.45, 2.75) is 110 Å². The maximum Gasteiger partial charge on any atom is 0.250 e. The van der Waals surface area contributed by atoms with E-state index in [4.69, 9.17) is 5.73 Å². The molecule has 2 aliphatic carbocycles. The highest BCUT2D eigenvalue weighted by atomic mass is 16.2. The fourth-order valence-corrected chi connectivity index (χ4v) is 4.96. The lowest BCUT2D eigenvalue weighted by Gasteiger charge is -2.35. The molecule has 3 rings (SSSR count). The lowest BCUT2D eigenvalue weighted by molar-refractivity contribution is -0.130. The van der Waals surface area contributed by atoms with E-state index < -0.39 is 0 Å². The van der Waals surface area contributed by atoms with E-state index in [2.05, 4.69) is 60.5 Å². The van der Waals surface area contributed by atoms with Gasteiger partial charge in [-0.25, -0.2) is 0 Å². The first-order valence-corrected chi connectivity index (χ1v) is 14.4. The summed E-state index contributed by atoms with van der Waals surface area (Å²) < 4.78 is 0. The Morgan fingerprint density at radius 2 is 1.83 bits per heavy atom. The Labute approximate surface area is 220 Å². The first-order valence-electron chi connectivity index (χ1n) is 14.4. The van der Waals surface area contributed by atoms with Crippen LogP contribution < -0.4 is 11.1 Å². The number of carbonyl (C=O) groups excluding carboxylic acids is 1. The molecule has 1 aromatic rings. The average molecular weight is 492 g/mol. The van der Waals surface area contributed by atoms with E-state index in [0.29, 0.717) is 18.5 Å². The van der Waals surface area contributed by atoms with Crippen molar-refractivity contribution in [3.63, 3.8) is 0 Å². The van der Waals surface area contributed by atoms with E-state index in [1.807, 2.05) is 13.0 Å². The Kier molecular flexibility index (Phi) is 11.8. The molecule has 0 aromatic heterocycles. The van der Waals surface area contributed by atoms with Crippen molar-refractivity contribution in [3.8, 4) is 0 Å². The maximum absolute atomic E-state index is 13.5. The van der Waals surface area contributed by atoms with Gasteiger partial charge in [-0.2, -0.15) is 0 Å². The quantitative estimate of drug-likeness (QED) is 0.158. The van der Waals surface area contributed by atoms with Crippen LogP contribution in [0.3, 0.4) is 0 Å². The molecule has 0 radical (unpaired) electrons. The Balaban J connectivity index is 1.66. The number of benzene rings is 1. The van der Waals surface area contributed by atoms with E-state index in [0.717, 1.165) is 49.9 Å². The van der Waals surface area contributed by atoms with Gasteiger partial charge in [0.25, 0.3) is 0 Å². The Bertz CT molecular complexity index is 900. The van der Waals surface area contributed by atoms with Gasteiger partial charge >= 0.3 is 0 Å². The molecule has 1 aromatic carbocycles. The smallest absolute Gasteiger partial charge is 0.250 e. The molecule has 2 aliphatic rings. The molecule has 0 heterocycles. The van der Waals surface area contributed by atoms with Crippen LogP contribution in [0.25, 0.3) is 0 Å². The van der Waals surface area contributed by atoms with Crippen LogP contribution in [-0.4, -0.2) is 23.4 Å². The second-order valence-electron chi connectivity index (χ2n) is 10.8. The fraction of sp³-hybridized carbons (Fsp3) is 0.594. The Hall–Kier alpha value is -2.33. The number of nitrogens with zero attached hydrogens (tertiary/aromatic N) is 1.